The highest BCUT2D eigenvalue weighted by Crippen LogP contribution is 2.30. The number of hydrogen-bond acceptors (Lipinski definition) is 4. The lowest BCUT2D eigenvalue weighted by Crippen LogP contribution is -2.22. The molecule has 0 spiro atoms. The summed E-state index contributed by atoms with van der Waals surface area (Å²) in [6.45, 7) is 0.256. The van der Waals surface area contributed by atoms with Crippen LogP contribution in [0.4, 0.5) is 5.69 Å². The van der Waals surface area contributed by atoms with Gasteiger partial charge >= 0.3 is 0 Å². The number of nitro benzene ring substituents is 1. The molecule has 0 aliphatic carbocycles. The lowest BCUT2D eigenvalue weighted by atomic mass is 10.1. The van der Waals surface area contributed by atoms with Gasteiger partial charge in [-0.3, -0.25) is 19.7 Å². The van der Waals surface area contributed by atoms with Gasteiger partial charge in [-0.2, -0.15) is 0 Å². The van der Waals surface area contributed by atoms with Crippen LogP contribution in [0.1, 0.15) is 15.9 Å². The van der Waals surface area contributed by atoms with Gasteiger partial charge in [0.1, 0.15) is 5.56 Å². The maximum atomic E-state index is 11.6. The molecular weight excluding hydrogens is 200 g/mol. The Morgan fingerprint density at radius 2 is 2.27 bits per heavy atom. The summed E-state index contributed by atoms with van der Waals surface area (Å²) in [5.41, 5.74) is 0.581. The molecule has 2 rings (SSSR count). The van der Waals surface area contributed by atoms with Crippen LogP contribution >= 0.6 is 0 Å². The lowest BCUT2D eigenvalue weighted by Gasteiger charge is -2.09. The summed E-state index contributed by atoms with van der Waals surface area (Å²) < 4.78 is 0. The Hall–Kier alpha value is -1.95. The Balaban J connectivity index is 2.55. The Kier molecular flexibility index (Phi) is 2.12. The summed E-state index contributed by atoms with van der Waals surface area (Å²) in [5, 5.41) is 11.8. The molecule has 0 bridgehead atoms. The summed E-state index contributed by atoms with van der Waals surface area (Å²) in [5.74, 6) is -0.459. The van der Waals surface area contributed by atoms with Gasteiger partial charge in [0, 0.05) is 6.07 Å². The fraction of sp³-hybridized carbons (Fsp3) is 0.222. The molecule has 0 saturated carbocycles. The number of hydrogen-bond donors (Lipinski definition) is 0. The van der Waals surface area contributed by atoms with E-state index in [0.717, 1.165) is 5.06 Å². The maximum absolute atomic E-state index is 11.6. The number of nitrogens with zero attached hydrogens (tertiary/aromatic N) is 2. The molecule has 0 aromatic heterocycles. The molecule has 78 valence electrons. The fourth-order valence-corrected chi connectivity index (χ4v) is 1.62. The van der Waals surface area contributed by atoms with E-state index in [9.17, 15) is 14.9 Å². The minimum atomic E-state index is -0.560. The molecule has 0 N–H and O–H groups in total. The van der Waals surface area contributed by atoms with Crippen molar-refractivity contribution in [1.29, 1.82) is 0 Å². The van der Waals surface area contributed by atoms with Crippen molar-refractivity contribution >= 4 is 11.6 Å². The van der Waals surface area contributed by atoms with Crippen molar-refractivity contribution in [2.45, 2.75) is 6.54 Å². The molecule has 0 fully saturated rings. The smallest absolute Gasteiger partial charge is 0.274 e. The van der Waals surface area contributed by atoms with Crippen LogP contribution in [-0.2, 0) is 11.4 Å². The van der Waals surface area contributed by atoms with Gasteiger partial charge in [-0.1, -0.05) is 12.1 Å². The number of benzene rings is 1. The maximum Gasteiger partial charge on any atom is 0.285 e. The molecule has 6 heteroatoms. The third kappa shape index (κ3) is 1.35. The summed E-state index contributed by atoms with van der Waals surface area (Å²) in [4.78, 5) is 26.6. The molecule has 1 amide bonds. The summed E-state index contributed by atoms with van der Waals surface area (Å²) >= 11 is 0. The first-order valence-corrected chi connectivity index (χ1v) is 4.27. The molecule has 1 aliphatic rings. The van der Waals surface area contributed by atoms with Crippen molar-refractivity contribution in [3.8, 4) is 0 Å². The standard InChI is InChI=1S/C9H8N2O4/c1-15-10-5-6-3-2-4-7(11(13)14)8(6)9(10)12/h2-4H,5H2,1H3. The van der Waals surface area contributed by atoms with Gasteiger partial charge in [0.15, 0.2) is 0 Å². The van der Waals surface area contributed by atoms with Crippen LogP contribution in [0.15, 0.2) is 18.2 Å². The molecule has 1 aromatic rings. The molecule has 0 unspecified atom stereocenters. The van der Waals surface area contributed by atoms with Gasteiger partial charge < -0.3 is 0 Å². The van der Waals surface area contributed by atoms with Crippen LogP contribution in [0.3, 0.4) is 0 Å². The molecule has 0 saturated heterocycles. The van der Waals surface area contributed by atoms with Crippen LogP contribution < -0.4 is 0 Å². The van der Waals surface area contributed by atoms with Gasteiger partial charge in [0.2, 0.25) is 0 Å². The molecule has 1 heterocycles. The van der Waals surface area contributed by atoms with Crippen LogP contribution in [0.25, 0.3) is 0 Å². The van der Waals surface area contributed by atoms with Crippen molar-refractivity contribution in [1.82, 2.24) is 5.06 Å². The highest BCUT2D eigenvalue weighted by Gasteiger charge is 2.34. The zero-order valence-electron chi connectivity index (χ0n) is 7.97. The Labute approximate surface area is 85.2 Å². The second-order valence-corrected chi connectivity index (χ2v) is 3.09. The summed E-state index contributed by atoms with van der Waals surface area (Å²) in [6, 6.07) is 4.55. The van der Waals surface area contributed by atoms with Crippen molar-refractivity contribution in [3.05, 3.63) is 39.4 Å². The van der Waals surface area contributed by atoms with Gasteiger partial charge in [-0.25, -0.2) is 5.06 Å². The average molecular weight is 208 g/mol. The summed E-state index contributed by atoms with van der Waals surface area (Å²) in [7, 11) is 1.36. The van der Waals surface area contributed by atoms with Crippen molar-refractivity contribution in [2.24, 2.45) is 0 Å². The second kappa shape index (κ2) is 3.32. The molecule has 1 aliphatic heterocycles. The molecule has 0 radical (unpaired) electrons. The van der Waals surface area contributed by atoms with Gasteiger partial charge in [0.25, 0.3) is 11.6 Å². The van der Waals surface area contributed by atoms with Crippen LogP contribution in [-0.4, -0.2) is 23.0 Å². The molecule has 15 heavy (non-hydrogen) atoms. The number of carbonyl (C=O) groups excluding carboxylic acids is 1. The predicted octanol–water partition coefficient (Wildman–Crippen LogP) is 1.11. The largest absolute Gasteiger partial charge is 0.285 e. The molecular formula is C9H8N2O4. The van der Waals surface area contributed by atoms with E-state index >= 15 is 0 Å². The highest BCUT2D eigenvalue weighted by molar-refractivity contribution is 6.01. The number of hydroxylamine groups is 2. The van der Waals surface area contributed by atoms with E-state index < -0.39 is 10.8 Å². The lowest BCUT2D eigenvalue weighted by molar-refractivity contribution is -0.385. The first-order valence-electron chi connectivity index (χ1n) is 4.27. The zero-order chi connectivity index (χ0) is 11.0. The quantitative estimate of drug-likeness (QED) is 0.539. The number of fused-ring (bicyclic) bond motifs is 1. The third-order valence-electron chi connectivity index (χ3n) is 2.30. The Bertz CT molecular complexity index is 444. The van der Waals surface area contributed by atoms with E-state index in [-0.39, 0.29) is 17.8 Å². The van der Waals surface area contributed by atoms with Crippen molar-refractivity contribution in [2.75, 3.05) is 7.11 Å². The summed E-state index contributed by atoms with van der Waals surface area (Å²) in [6.07, 6.45) is 0. The number of nitro groups is 1. The van der Waals surface area contributed by atoms with Gasteiger partial charge in [-0.15, -0.1) is 0 Å². The molecule has 0 atom stereocenters. The van der Waals surface area contributed by atoms with E-state index in [0.29, 0.717) is 5.56 Å². The SMILES string of the molecule is CON1Cc2cccc([N+](=O)[O-])c2C1=O. The zero-order valence-corrected chi connectivity index (χ0v) is 7.97. The minimum absolute atomic E-state index is 0.129. The monoisotopic (exact) mass is 208 g/mol. The van der Waals surface area contributed by atoms with Gasteiger partial charge in [-0.05, 0) is 5.56 Å². The van der Waals surface area contributed by atoms with Crippen molar-refractivity contribution < 1.29 is 14.6 Å². The normalized spacial score (nSPS) is 14.2. The highest BCUT2D eigenvalue weighted by atomic mass is 16.7. The number of carbonyl (C=O) groups is 1. The third-order valence-corrected chi connectivity index (χ3v) is 2.30. The minimum Gasteiger partial charge on any atom is -0.274 e. The molecule has 6 nitrogen and oxygen atoms in total. The second-order valence-electron chi connectivity index (χ2n) is 3.09. The fourth-order valence-electron chi connectivity index (χ4n) is 1.62. The number of amides is 1. The molecule has 1 aromatic carbocycles. The van der Waals surface area contributed by atoms with E-state index in [4.69, 9.17) is 4.84 Å². The van der Waals surface area contributed by atoms with Gasteiger partial charge in [0.05, 0.1) is 18.6 Å². The first kappa shape index (κ1) is 9.60. The number of rotatable bonds is 2. The van der Waals surface area contributed by atoms with Crippen molar-refractivity contribution in [3.63, 3.8) is 0 Å². The van der Waals surface area contributed by atoms with E-state index in [1.54, 1.807) is 12.1 Å². The first-order chi connectivity index (χ1) is 7.15. The Morgan fingerprint density at radius 3 is 2.87 bits per heavy atom. The van der Waals surface area contributed by atoms with E-state index in [1.807, 2.05) is 0 Å². The van der Waals surface area contributed by atoms with Crippen LogP contribution in [0.2, 0.25) is 0 Å². The topological polar surface area (TPSA) is 72.7 Å². The van der Waals surface area contributed by atoms with E-state index in [2.05, 4.69) is 0 Å². The Morgan fingerprint density at radius 1 is 1.53 bits per heavy atom. The average Bonchev–Trinajstić information content (AvgIpc) is 2.55. The van der Waals surface area contributed by atoms with Crippen LogP contribution in [0.5, 0.6) is 0 Å². The van der Waals surface area contributed by atoms with E-state index in [1.165, 1.54) is 13.2 Å². The van der Waals surface area contributed by atoms with Crippen LogP contribution in [0, 0.1) is 10.1 Å². The predicted molar refractivity (Wildman–Crippen MR) is 50.0 cm³/mol.